The van der Waals surface area contributed by atoms with Gasteiger partial charge in [0.25, 0.3) is 6.26 Å². The molecule has 0 heterocycles. The summed E-state index contributed by atoms with van der Waals surface area (Å²) in [5, 5.41) is 8.28. The number of hydrogen-bond acceptors (Lipinski definition) is 2. The monoisotopic (exact) mass is 223 g/mol. The molecule has 0 atom stereocenters. The van der Waals surface area contributed by atoms with Crippen molar-refractivity contribution in [3.8, 4) is 6.26 Å². The first kappa shape index (κ1) is 13.4. The molecule has 0 unspecified atom stereocenters. The van der Waals surface area contributed by atoms with Crippen LogP contribution in [0.1, 0.15) is 70.6 Å². The number of hydrogen-bond donors (Lipinski definition) is 0. The summed E-state index contributed by atoms with van der Waals surface area (Å²) in [4.78, 5) is 0. The lowest BCUT2D eigenvalue weighted by atomic mass is 9.89. The molecule has 0 aromatic carbocycles. The molecule has 2 heteroatoms. The highest BCUT2D eigenvalue weighted by molar-refractivity contribution is 4.63. The third-order valence-electron chi connectivity index (χ3n) is 3.65. The Balaban J connectivity index is 2.12. The van der Waals surface area contributed by atoms with Crippen LogP contribution >= 0.6 is 0 Å². The Morgan fingerprint density at radius 2 is 1.50 bits per heavy atom. The van der Waals surface area contributed by atoms with Crippen LogP contribution in [0.25, 0.3) is 0 Å². The molecule has 0 aromatic rings. The third kappa shape index (κ3) is 6.71. The van der Waals surface area contributed by atoms with E-state index in [0.29, 0.717) is 6.61 Å². The molecule has 1 aliphatic rings. The summed E-state index contributed by atoms with van der Waals surface area (Å²) >= 11 is 0. The van der Waals surface area contributed by atoms with Crippen molar-refractivity contribution in [1.29, 1.82) is 5.26 Å². The zero-order valence-corrected chi connectivity index (χ0v) is 10.4. The standard InChI is InChI=1S/C14H25NO/c15-13-16-12-8-11-14-9-6-4-2-1-3-5-7-10-14/h14H,1-12H2. The van der Waals surface area contributed by atoms with Crippen LogP contribution in [0.3, 0.4) is 0 Å². The number of nitrogens with zero attached hydrogens (tertiary/aromatic N) is 1. The fourth-order valence-corrected chi connectivity index (χ4v) is 2.67. The van der Waals surface area contributed by atoms with Crippen molar-refractivity contribution in [2.75, 3.05) is 6.61 Å². The number of nitriles is 1. The second-order valence-electron chi connectivity index (χ2n) is 5.00. The molecule has 1 fully saturated rings. The van der Waals surface area contributed by atoms with Crippen molar-refractivity contribution >= 4 is 0 Å². The van der Waals surface area contributed by atoms with Crippen LogP contribution < -0.4 is 0 Å². The fourth-order valence-electron chi connectivity index (χ4n) is 2.67. The van der Waals surface area contributed by atoms with Crippen LogP contribution in [0.5, 0.6) is 0 Å². The lowest BCUT2D eigenvalue weighted by Gasteiger charge is -2.17. The maximum absolute atomic E-state index is 8.28. The van der Waals surface area contributed by atoms with Crippen molar-refractivity contribution in [3.05, 3.63) is 0 Å². The van der Waals surface area contributed by atoms with Crippen LogP contribution in [-0.2, 0) is 4.74 Å². The van der Waals surface area contributed by atoms with Gasteiger partial charge < -0.3 is 4.74 Å². The van der Waals surface area contributed by atoms with E-state index in [0.717, 1.165) is 12.3 Å². The van der Waals surface area contributed by atoms with Gasteiger partial charge in [0.1, 0.15) is 6.61 Å². The molecule has 0 N–H and O–H groups in total. The van der Waals surface area contributed by atoms with Gasteiger partial charge in [-0.25, -0.2) is 0 Å². The molecule has 0 aliphatic heterocycles. The Bertz CT molecular complexity index is 187. The van der Waals surface area contributed by atoms with Crippen molar-refractivity contribution in [1.82, 2.24) is 0 Å². The van der Waals surface area contributed by atoms with Gasteiger partial charge in [0.05, 0.1) is 0 Å². The first-order valence-electron chi connectivity index (χ1n) is 6.94. The molecule has 0 aromatic heterocycles. The van der Waals surface area contributed by atoms with Crippen molar-refractivity contribution in [2.24, 2.45) is 5.92 Å². The van der Waals surface area contributed by atoms with Crippen LogP contribution in [-0.4, -0.2) is 6.61 Å². The van der Waals surface area contributed by atoms with E-state index in [1.807, 2.05) is 0 Å². The van der Waals surface area contributed by atoms with E-state index in [1.54, 1.807) is 6.26 Å². The predicted molar refractivity (Wildman–Crippen MR) is 65.8 cm³/mol. The van der Waals surface area contributed by atoms with E-state index in [2.05, 4.69) is 0 Å². The molecule has 16 heavy (non-hydrogen) atoms. The minimum atomic E-state index is 0.618. The highest BCUT2D eigenvalue weighted by atomic mass is 16.5. The molecule has 0 saturated heterocycles. The summed E-state index contributed by atoms with van der Waals surface area (Å²) in [7, 11) is 0. The van der Waals surface area contributed by atoms with Crippen molar-refractivity contribution in [2.45, 2.75) is 70.6 Å². The Labute approximate surface area is 100.0 Å². The molecule has 2 nitrogen and oxygen atoms in total. The van der Waals surface area contributed by atoms with Gasteiger partial charge in [0.2, 0.25) is 0 Å². The van der Waals surface area contributed by atoms with Gasteiger partial charge in [-0.05, 0) is 18.8 Å². The van der Waals surface area contributed by atoms with E-state index >= 15 is 0 Å². The molecule has 0 amide bonds. The molecule has 0 bridgehead atoms. The molecule has 0 spiro atoms. The zero-order chi connectivity index (χ0) is 11.5. The molecular formula is C14H25NO. The summed E-state index contributed by atoms with van der Waals surface area (Å²) in [6, 6.07) is 0. The fraction of sp³-hybridized carbons (Fsp3) is 0.929. The van der Waals surface area contributed by atoms with Gasteiger partial charge in [-0.3, -0.25) is 0 Å². The largest absolute Gasteiger partial charge is 0.428 e. The van der Waals surface area contributed by atoms with Gasteiger partial charge in [-0.15, -0.1) is 0 Å². The smallest absolute Gasteiger partial charge is 0.286 e. The van der Waals surface area contributed by atoms with Gasteiger partial charge in [0.15, 0.2) is 0 Å². The van der Waals surface area contributed by atoms with E-state index < -0.39 is 0 Å². The first-order chi connectivity index (χ1) is 7.93. The van der Waals surface area contributed by atoms with Crippen molar-refractivity contribution < 1.29 is 4.74 Å². The predicted octanol–water partition coefficient (Wildman–Crippen LogP) is 4.40. The van der Waals surface area contributed by atoms with Gasteiger partial charge >= 0.3 is 0 Å². The Kier molecular flexibility index (Phi) is 7.94. The summed E-state index contributed by atoms with van der Waals surface area (Å²) in [5.41, 5.74) is 0. The van der Waals surface area contributed by atoms with E-state index in [9.17, 15) is 0 Å². The SMILES string of the molecule is N#COCCCC1CCCCCCCCC1. The molecule has 1 aliphatic carbocycles. The Morgan fingerprint density at radius 3 is 2.06 bits per heavy atom. The van der Waals surface area contributed by atoms with E-state index in [4.69, 9.17) is 10.00 Å². The second-order valence-corrected chi connectivity index (χ2v) is 5.00. The second kappa shape index (κ2) is 9.51. The lowest BCUT2D eigenvalue weighted by molar-refractivity contribution is 0.244. The Morgan fingerprint density at radius 1 is 0.938 bits per heavy atom. The maximum atomic E-state index is 8.28. The highest BCUT2D eigenvalue weighted by Gasteiger charge is 2.09. The molecule has 92 valence electrons. The summed E-state index contributed by atoms with van der Waals surface area (Å²) in [5.74, 6) is 0.889. The average Bonchev–Trinajstić information content (AvgIpc) is 2.32. The first-order valence-corrected chi connectivity index (χ1v) is 6.94. The zero-order valence-electron chi connectivity index (χ0n) is 10.4. The van der Waals surface area contributed by atoms with Gasteiger partial charge in [0, 0.05) is 0 Å². The summed E-state index contributed by atoms with van der Waals surface area (Å²) in [6.07, 6.45) is 16.8. The maximum Gasteiger partial charge on any atom is 0.286 e. The minimum absolute atomic E-state index is 0.618. The van der Waals surface area contributed by atoms with E-state index in [1.165, 1.54) is 64.2 Å². The normalized spacial score (nSPS) is 19.9. The lowest BCUT2D eigenvalue weighted by Crippen LogP contribution is -2.04. The topological polar surface area (TPSA) is 33.0 Å². The van der Waals surface area contributed by atoms with Crippen LogP contribution in [0, 0.1) is 17.4 Å². The van der Waals surface area contributed by atoms with E-state index in [-0.39, 0.29) is 0 Å². The van der Waals surface area contributed by atoms with Crippen molar-refractivity contribution in [3.63, 3.8) is 0 Å². The highest BCUT2D eigenvalue weighted by Crippen LogP contribution is 2.24. The minimum Gasteiger partial charge on any atom is -0.428 e. The van der Waals surface area contributed by atoms with Gasteiger partial charge in [-0.1, -0.05) is 57.8 Å². The van der Waals surface area contributed by atoms with Crippen LogP contribution in [0.2, 0.25) is 0 Å². The summed E-state index contributed by atoms with van der Waals surface area (Å²) in [6.45, 7) is 0.618. The quantitative estimate of drug-likeness (QED) is 0.522. The number of rotatable bonds is 4. The molecular weight excluding hydrogens is 198 g/mol. The van der Waals surface area contributed by atoms with Gasteiger partial charge in [-0.2, -0.15) is 5.26 Å². The molecule has 0 radical (unpaired) electrons. The molecule has 1 saturated carbocycles. The average molecular weight is 223 g/mol. The van der Waals surface area contributed by atoms with Crippen LogP contribution in [0.4, 0.5) is 0 Å². The number of ether oxygens (including phenoxy) is 1. The Hall–Kier alpha value is -0.710. The third-order valence-corrected chi connectivity index (χ3v) is 3.65. The molecule has 1 rings (SSSR count). The van der Waals surface area contributed by atoms with Crippen LogP contribution in [0.15, 0.2) is 0 Å². The summed E-state index contributed by atoms with van der Waals surface area (Å²) < 4.78 is 4.73.